The molecule has 3 nitrogen and oxygen atoms in total. The minimum Gasteiger partial charge on any atom is -0.356 e. The molecule has 0 radical (unpaired) electrons. The van der Waals surface area contributed by atoms with Crippen molar-refractivity contribution in [3.63, 3.8) is 0 Å². The van der Waals surface area contributed by atoms with Gasteiger partial charge < -0.3 is 10.3 Å². The smallest absolute Gasteiger partial charge is 0.251 e. The van der Waals surface area contributed by atoms with Gasteiger partial charge in [-0.2, -0.15) is 0 Å². The second-order valence-corrected chi connectivity index (χ2v) is 6.77. The highest BCUT2D eigenvalue weighted by Gasteiger charge is 2.14. The molecule has 3 rings (SSSR count). The number of carbonyl (C=O) groups excluding carboxylic acids is 1. The van der Waals surface area contributed by atoms with Gasteiger partial charge >= 0.3 is 0 Å². The molecule has 2 aromatic carbocycles. The first kappa shape index (κ1) is 16.7. The van der Waals surface area contributed by atoms with Crippen LogP contribution in [0.15, 0.2) is 40.9 Å². The van der Waals surface area contributed by atoms with Crippen molar-refractivity contribution in [1.29, 1.82) is 0 Å². The Kier molecular flexibility index (Phi) is 4.71. The molecule has 0 spiro atoms. The van der Waals surface area contributed by atoms with Crippen LogP contribution in [0.3, 0.4) is 0 Å². The third-order valence-corrected chi connectivity index (χ3v) is 4.73. The number of carbonyl (C=O) groups is 1. The molecule has 0 aliphatic heterocycles. The lowest BCUT2D eigenvalue weighted by molar-refractivity contribution is 0.0954. The van der Waals surface area contributed by atoms with Crippen molar-refractivity contribution in [2.75, 3.05) is 6.54 Å². The molecule has 0 unspecified atom stereocenters. The molecule has 0 bridgehead atoms. The van der Waals surface area contributed by atoms with Crippen molar-refractivity contribution in [2.24, 2.45) is 0 Å². The van der Waals surface area contributed by atoms with E-state index in [-0.39, 0.29) is 11.7 Å². The van der Waals surface area contributed by atoms with Crippen LogP contribution in [-0.2, 0) is 6.42 Å². The third-order valence-electron chi connectivity index (χ3n) is 4.20. The molecule has 0 fully saturated rings. The zero-order valence-corrected chi connectivity index (χ0v) is 15.1. The first-order valence-corrected chi connectivity index (χ1v) is 8.56. The summed E-state index contributed by atoms with van der Waals surface area (Å²) < 4.78 is 14.9. The highest BCUT2D eigenvalue weighted by molar-refractivity contribution is 9.10. The van der Waals surface area contributed by atoms with E-state index in [1.165, 1.54) is 6.07 Å². The Morgan fingerprint density at radius 3 is 2.58 bits per heavy atom. The molecule has 5 heteroatoms. The fourth-order valence-corrected chi connectivity index (χ4v) is 3.22. The largest absolute Gasteiger partial charge is 0.356 e. The number of aromatic amines is 1. The van der Waals surface area contributed by atoms with E-state index >= 15 is 0 Å². The zero-order chi connectivity index (χ0) is 17.3. The zero-order valence-electron chi connectivity index (χ0n) is 13.5. The summed E-state index contributed by atoms with van der Waals surface area (Å²) in [4.78, 5) is 15.3. The van der Waals surface area contributed by atoms with E-state index in [4.69, 9.17) is 0 Å². The normalized spacial score (nSPS) is 11.0. The monoisotopic (exact) mass is 388 g/mol. The summed E-state index contributed by atoms with van der Waals surface area (Å²) >= 11 is 3.35. The molecule has 24 heavy (non-hydrogen) atoms. The second-order valence-electron chi connectivity index (χ2n) is 5.86. The molecule has 0 aliphatic rings. The molecule has 1 amide bonds. The first-order valence-electron chi connectivity index (χ1n) is 7.77. The number of aromatic nitrogens is 1. The highest BCUT2D eigenvalue weighted by Crippen LogP contribution is 2.27. The quantitative estimate of drug-likeness (QED) is 0.670. The fourth-order valence-electron chi connectivity index (χ4n) is 2.96. The van der Waals surface area contributed by atoms with Gasteiger partial charge in [-0.1, -0.05) is 22.0 Å². The maximum absolute atomic E-state index is 14.0. The Morgan fingerprint density at radius 1 is 1.17 bits per heavy atom. The summed E-state index contributed by atoms with van der Waals surface area (Å²) in [5.74, 6) is -0.355. The number of nitrogens with one attached hydrogen (secondary N) is 2. The molecule has 1 heterocycles. The van der Waals surface area contributed by atoms with Gasteiger partial charge in [0.2, 0.25) is 0 Å². The Morgan fingerprint density at radius 2 is 1.88 bits per heavy atom. The van der Waals surface area contributed by atoms with Crippen molar-refractivity contribution in [3.8, 4) is 0 Å². The summed E-state index contributed by atoms with van der Waals surface area (Å²) in [6, 6.07) is 10.5. The number of hydrogen-bond donors (Lipinski definition) is 2. The highest BCUT2D eigenvalue weighted by atomic mass is 79.9. The molecule has 2 N–H and O–H groups in total. The number of halogens is 2. The Balaban J connectivity index is 1.74. The van der Waals surface area contributed by atoms with Crippen LogP contribution in [0.1, 0.15) is 27.2 Å². The van der Waals surface area contributed by atoms with Crippen molar-refractivity contribution in [3.05, 3.63) is 69.1 Å². The van der Waals surface area contributed by atoms with Crippen LogP contribution in [0.2, 0.25) is 0 Å². The Labute approximate surface area is 148 Å². The number of aryl methyl sites for hydroxylation is 2. The van der Waals surface area contributed by atoms with Gasteiger partial charge in [0.25, 0.3) is 5.91 Å². The van der Waals surface area contributed by atoms with Crippen LogP contribution in [0.25, 0.3) is 10.9 Å². The summed E-state index contributed by atoms with van der Waals surface area (Å²) in [7, 11) is 0. The van der Waals surface area contributed by atoms with Crippen LogP contribution in [-0.4, -0.2) is 17.4 Å². The maximum Gasteiger partial charge on any atom is 0.251 e. The number of rotatable bonds is 4. The fraction of sp³-hybridized carbons (Fsp3) is 0.211. The van der Waals surface area contributed by atoms with Crippen LogP contribution < -0.4 is 5.32 Å². The van der Waals surface area contributed by atoms with E-state index in [1.54, 1.807) is 18.2 Å². The van der Waals surface area contributed by atoms with Crippen LogP contribution in [0.4, 0.5) is 4.39 Å². The Hall–Kier alpha value is -2.14. The lowest BCUT2D eigenvalue weighted by Gasteiger charge is -2.07. The van der Waals surface area contributed by atoms with Gasteiger partial charge in [0.15, 0.2) is 0 Å². The SMILES string of the molecule is Cc1[nH]c2c(F)ccc(C)c2c1CCNC(=O)c1ccc(Br)cc1. The molecule has 3 aromatic rings. The van der Waals surface area contributed by atoms with Gasteiger partial charge in [0.05, 0.1) is 5.52 Å². The van der Waals surface area contributed by atoms with Gasteiger partial charge in [-0.25, -0.2) is 4.39 Å². The number of fused-ring (bicyclic) bond motifs is 1. The van der Waals surface area contributed by atoms with E-state index in [9.17, 15) is 9.18 Å². The number of hydrogen-bond acceptors (Lipinski definition) is 1. The lowest BCUT2D eigenvalue weighted by Crippen LogP contribution is -2.25. The van der Waals surface area contributed by atoms with Crippen molar-refractivity contribution in [1.82, 2.24) is 10.3 Å². The van der Waals surface area contributed by atoms with E-state index in [0.717, 1.165) is 26.7 Å². The molecule has 124 valence electrons. The van der Waals surface area contributed by atoms with E-state index in [2.05, 4.69) is 26.2 Å². The minimum absolute atomic E-state index is 0.108. The molecule has 0 atom stereocenters. The number of benzene rings is 2. The Bertz CT molecular complexity index is 900. The second kappa shape index (κ2) is 6.77. The summed E-state index contributed by atoms with van der Waals surface area (Å²) in [6.45, 7) is 4.41. The average molecular weight is 389 g/mol. The molecule has 0 saturated carbocycles. The van der Waals surface area contributed by atoms with Gasteiger partial charge in [-0.05, 0) is 61.7 Å². The standard InChI is InChI=1S/C19H18BrFN2O/c1-11-3-8-16(21)18-17(11)15(12(2)23-18)9-10-22-19(24)13-4-6-14(20)7-5-13/h3-8,23H,9-10H2,1-2H3,(H,22,24). The van der Waals surface area contributed by atoms with Crippen molar-refractivity contribution in [2.45, 2.75) is 20.3 Å². The van der Waals surface area contributed by atoms with E-state index in [1.807, 2.05) is 26.0 Å². The molecular weight excluding hydrogens is 371 g/mol. The lowest BCUT2D eigenvalue weighted by atomic mass is 10.0. The van der Waals surface area contributed by atoms with Gasteiger partial charge in [-0.3, -0.25) is 4.79 Å². The van der Waals surface area contributed by atoms with Crippen LogP contribution in [0, 0.1) is 19.7 Å². The minimum atomic E-state index is -0.246. The summed E-state index contributed by atoms with van der Waals surface area (Å²) in [5, 5.41) is 3.84. The van der Waals surface area contributed by atoms with Gasteiger partial charge in [0, 0.05) is 27.7 Å². The maximum atomic E-state index is 14.0. The predicted octanol–water partition coefficient (Wildman–Crippen LogP) is 4.66. The average Bonchev–Trinajstić information content (AvgIpc) is 2.90. The first-order chi connectivity index (χ1) is 11.5. The van der Waals surface area contributed by atoms with Gasteiger partial charge in [-0.15, -0.1) is 0 Å². The van der Waals surface area contributed by atoms with Crippen LogP contribution in [0.5, 0.6) is 0 Å². The predicted molar refractivity (Wildman–Crippen MR) is 97.9 cm³/mol. The third kappa shape index (κ3) is 3.22. The summed E-state index contributed by atoms with van der Waals surface area (Å²) in [6.07, 6.45) is 0.651. The van der Waals surface area contributed by atoms with E-state index in [0.29, 0.717) is 24.0 Å². The molecule has 0 saturated heterocycles. The summed E-state index contributed by atoms with van der Waals surface area (Å²) in [5.41, 5.74) is 4.19. The van der Waals surface area contributed by atoms with Crippen molar-refractivity contribution < 1.29 is 9.18 Å². The van der Waals surface area contributed by atoms with Crippen molar-refractivity contribution >= 4 is 32.7 Å². The topological polar surface area (TPSA) is 44.9 Å². The molecular formula is C19H18BrFN2O. The van der Waals surface area contributed by atoms with Crippen LogP contribution >= 0.6 is 15.9 Å². The molecule has 1 aromatic heterocycles. The number of H-pyrrole nitrogens is 1. The number of amides is 1. The molecule has 0 aliphatic carbocycles. The van der Waals surface area contributed by atoms with Gasteiger partial charge in [0.1, 0.15) is 5.82 Å². The van der Waals surface area contributed by atoms with E-state index < -0.39 is 0 Å².